The third-order valence-electron chi connectivity index (χ3n) is 2.15. The number of hydrogen-bond acceptors (Lipinski definition) is 2. The highest BCUT2D eigenvalue weighted by atomic mass is 16.6. The molecule has 0 N–H and O–H groups in total. The molecule has 1 unspecified atom stereocenters. The Morgan fingerprint density at radius 2 is 2.38 bits per heavy atom. The number of rotatable bonds is 3. The summed E-state index contributed by atoms with van der Waals surface area (Å²) in [5.41, 5.74) is 0.928. The van der Waals surface area contributed by atoms with Crippen LogP contribution in [0.5, 0.6) is 0 Å². The summed E-state index contributed by atoms with van der Waals surface area (Å²) < 4.78 is 0. The standard InChI is InChI=1S/C11H17NO/c1-10(12-13-2)8-9-11-6-4-3-5-7-11/h3-4,8-9,11H,5-7H2,1-2H3. The molecule has 0 saturated carbocycles. The monoisotopic (exact) mass is 179 g/mol. The Morgan fingerprint density at radius 3 is 3.00 bits per heavy atom. The second-order valence-electron chi connectivity index (χ2n) is 3.32. The fourth-order valence-electron chi connectivity index (χ4n) is 1.44. The van der Waals surface area contributed by atoms with Crippen molar-refractivity contribution in [2.24, 2.45) is 11.1 Å². The van der Waals surface area contributed by atoms with Gasteiger partial charge in [-0.1, -0.05) is 23.4 Å². The van der Waals surface area contributed by atoms with E-state index in [0.717, 1.165) is 12.1 Å². The van der Waals surface area contributed by atoms with Crippen molar-refractivity contribution in [2.45, 2.75) is 26.2 Å². The first-order valence-corrected chi connectivity index (χ1v) is 4.74. The minimum Gasteiger partial charge on any atom is -0.399 e. The Balaban J connectivity index is 2.38. The third kappa shape index (κ3) is 3.92. The van der Waals surface area contributed by atoms with Crippen LogP contribution in [0.2, 0.25) is 0 Å². The van der Waals surface area contributed by atoms with Gasteiger partial charge in [0.15, 0.2) is 0 Å². The lowest BCUT2D eigenvalue weighted by Crippen LogP contribution is -1.99. The summed E-state index contributed by atoms with van der Waals surface area (Å²) in [5, 5.41) is 3.82. The van der Waals surface area contributed by atoms with Crippen molar-refractivity contribution in [3.8, 4) is 0 Å². The highest BCUT2D eigenvalue weighted by molar-refractivity contribution is 5.92. The lowest BCUT2D eigenvalue weighted by atomic mass is 9.94. The average molecular weight is 179 g/mol. The van der Waals surface area contributed by atoms with Crippen LogP contribution in [-0.4, -0.2) is 12.8 Å². The van der Waals surface area contributed by atoms with Gasteiger partial charge in [-0.2, -0.15) is 0 Å². The van der Waals surface area contributed by atoms with Crippen LogP contribution in [0.15, 0.2) is 29.5 Å². The summed E-state index contributed by atoms with van der Waals surface area (Å²) >= 11 is 0. The van der Waals surface area contributed by atoms with Crippen LogP contribution in [-0.2, 0) is 4.84 Å². The van der Waals surface area contributed by atoms with Gasteiger partial charge >= 0.3 is 0 Å². The van der Waals surface area contributed by atoms with Crippen molar-refractivity contribution in [3.63, 3.8) is 0 Å². The fourth-order valence-corrected chi connectivity index (χ4v) is 1.44. The van der Waals surface area contributed by atoms with E-state index in [2.05, 4.69) is 28.2 Å². The van der Waals surface area contributed by atoms with Crippen molar-refractivity contribution in [1.29, 1.82) is 0 Å². The molecule has 2 nitrogen and oxygen atoms in total. The highest BCUT2D eigenvalue weighted by Crippen LogP contribution is 2.18. The Bertz CT molecular complexity index is 228. The molecule has 0 spiro atoms. The van der Waals surface area contributed by atoms with Crippen LogP contribution in [0.4, 0.5) is 0 Å². The maximum Gasteiger partial charge on any atom is 0.106 e. The first kappa shape index (κ1) is 10.0. The lowest BCUT2D eigenvalue weighted by Gasteiger charge is -2.12. The Labute approximate surface area is 80.0 Å². The predicted molar refractivity (Wildman–Crippen MR) is 55.7 cm³/mol. The zero-order valence-electron chi connectivity index (χ0n) is 8.36. The number of hydrogen-bond donors (Lipinski definition) is 0. The van der Waals surface area contributed by atoms with E-state index in [4.69, 9.17) is 0 Å². The van der Waals surface area contributed by atoms with E-state index < -0.39 is 0 Å². The molecule has 0 aromatic heterocycles. The molecule has 13 heavy (non-hydrogen) atoms. The van der Waals surface area contributed by atoms with E-state index in [1.807, 2.05) is 13.0 Å². The summed E-state index contributed by atoms with van der Waals surface area (Å²) in [5.74, 6) is 0.687. The molecular weight excluding hydrogens is 162 g/mol. The van der Waals surface area contributed by atoms with Crippen LogP contribution in [0.1, 0.15) is 26.2 Å². The summed E-state index contributed by atoms with van der Waals surface area (Å²) in [6.07, 6.45) is 12.4. The molecule has 1 aliphatic rings. The minimum atomic E-state index is 0.687. The van der Waals surface area contributed by atoms with E-state index in [1.54, 1.807) is 7.11 Å². The smallest absolute Gasteiger partial charge is 0.106 e. The first-order valence-electron chi connectivity index (χ1n) is 4.74. The lowest BCUT2D eigenvalue weighted by molar-refractivity contribution is 0.213. The van der Waals surface area contributed by atoms with Gasteiger partial charge in [-0.25, -0.2) is 0 Å². The van der Waals surface area contributed by atoms with Crippen molar-refractivity contribution in [1.82, 2.24) is 0 Å². The maximum absolute atomic E-state index is 4.67. The third-order valence-corrected chi connectivity index (χ3v) is 2.15. The molecule has 0 fully saturated rings. The van der Waals surface area contributed by atoms with Gasteiger partial charge in [-0.3, -0.25) is 0 Å². The van der Waals surface area contributed by atoms with Crippen LogP contribution in [0.25, 0.3) is 0 Å². The van der Waals surface area contributed by atoms with Crippen LogP contribution >= 0.6 is 0 Å². The van der Waals surface area contributed by atoms with Gasteiger partial charge in [-0.15, -0.1) is 0 Å². The topological polar surface area (TPSA) is 21.6 Å². The average Bonchev–Trinajstić information content (AvgIpc) is 2.17. The van der Waals surface area contributed by atoms with Gasteiger partial charge in [0.25, 0.3) is 0 Å². The summed E-state index contributed by atoms with van der Waals surface area (Å²) in [6, 6.07) is 0. The van der Waals surface area contributed by atoms with Crippen LogP contribution in [0, 0.1) is 5.92 Å². The number of nitrogens with zero attached hydrogens (tertiary/aromatic N) is 1. The van der Waals surface area contributed by atoms with E-state index >= 15 is 0 Å². The molecule has 0 aromatic carbocycles. The normalized spacial score (nSPS) is 23.8. The molecule has 0 aliphatic heterocycles. The van der Waals surface area contributed by atoms with Gasteiger partial charge in [0.05, 0.1) is 5.71 Å². The Morgan fingerprint density at radius 1 is 1.54 bits per heavy atom. The molecule has 0 aromatic rings. The molecule has 1 aliphatic carbocycles. The molecule has 72 valence electrons. The SMILES string of the molecule is CON=C(C)C=CC1CC=CCC1. The quantitative estimate of drug-likeness (QED) is 0.371. The summed E-state index contributed by atoms with van der Waals surface area (Å²) in [7, 11) is 1.57. The van der Waals surface area contributed by atoms with Crippen molar-refractivity contribution in [3.05, 3.63) is 24.3 Å². The highest BCUT2D eigenvalue weighted by Gasteiger charge is 2.04. The Kier molecular flexibility index (Phi) is 4.30. The largest absolute Gasteiger partial charge is 0.399 e. The van der Waals surface area contributed by atoms with Crippen LogP contribution in [0.3, 0.4) is 0 Å². The molecule has 1 rings (SSSR count). The molecule has 0 bridgehead atoms. The van der Waals surface area contributed by atoms with Gasteiger partial charge in [0, 0.05) is 0 Å². The molecule has 0 amide bonds. The van der Waals surface area contributed by atoms with Gasteiger partial charge in [0.1, 0.15) is 7.11 Å². The second kappa shape index (κ2) is 5.57. The first-order chi connectivity index (χ1) is 6.33. The van der Waals surface area contributed by atoms with Gasteiger partial charge in [0.2, 0.25) is 0 Å². The molecule has 0 heterocycles. The van der Waals surface area contributed by atoms with Gasteiger partial charge in [-0.05, 0) is 38.2 Å². The molecule has 0 saturated heterocycles. The van der Waals surface area contributed by atoms with E-state index in [-0.39, 0.29) is 0 Å². The van der Waals surface area contributed by atoms with E-state index in [0.29, 0.717) is 5.92 Å². The van der Waals surface area contributed by atoms with Crippen molar-refractivity contribution < 1.29 is 4.84 Å². The summed E-state index contributed by atoms with van der Waals surface area (Å²) in [4.78, 5) is 4.67. The van der Waals surface area contributed by atoms with E-state index in [9.17, 15) is 0 Å². The zero-order chi connectivity index (χ0) is 9.52. The second-order valence-corrected chi connectivity index (χ2v) is 3.32. The zero-order valence-corrected chi connectivity index (χ0v) is 8.36. The fraction of sp³-hybridized carbons (Fsp3) is 0.545. The van der Waals surface area contributed by atoms with Crippen molar-refractivity contribution >= 4 is 5.71 Å². The summed E-state index contributed by atoms with van der Waals surface area (Å²) in [6.45, 7) is 1.94. The van der Waals surface area contributed by atoms with Gasteiger partial charge < -0.3 is 4.84 Å². The molecule has 2 heteroatoms. The van der Waals surface area contributed by atoms with E-state index in [1.165, 1.54) is 12.8 Å². The minimum absolute atomic E-state index is 0.687. The maximum atomic E-state index is 4.67. The molecular formula is C11H17NO. The number of oxime groups is 1. The van der Waals surface area contributed by atoms with Crippen molar-refractivity contribution in [2.75, 3.05) is 7.11 Å². The van der Waals surface area contributed by atoms with Crippen LogP contribution < -0.4 is 0 Å². The molecule has 0 radical (unpaired) electrons. The molecule has 1 atom stereocenters. The number of allylic oxidation sites excluding steroid dienone is 4. The predicted octanol–water partition coefficient (Wildman–Crippen LogP) is 2.92. The Hall–Kier alpha value is -1.05.